The lowest BCUT2D eigenvalue weighted by molar-refractivity contribution is 1.07. The number of rotatable bonds is 2. The second-order valence-electron chi connectivity index (χ2n) is 2.37. The maximum Gasteiger partial charge on any atom is 0.213 e. The van der Waals surface area contributed by atoms with Crippen LogP contribution in [0.1, 0.15) is 5.56 Å². The van der Waals surface area contributed by atoms with Crippen molar-refractivity contribution in [1.82, 2.24) is 0 Å². The first kappa shape index (κ1) is 8.96. The fourth-order valence-electron chi connectivity index (χ4n) is 0.849. The number of nitriles is 2. The molecule has 0 aliphatic heterocycles. The van der Waals surface area contributed by atoms with E-state index in [1.807, 2.05) is 30.3 Å². The van der Waals surface area contributed by atoms with Crippen LogP contribution in [0.2, 0.25) is 0 Å². The smallest absolute Gasteiger partial charge is 0.213 e. The van der Waals surface area contributed by atoms with Crippen molar-refractivity contribution in [2.45, 2.75) is 6.54 Å². The van der Waals surface area contributed by atoms with Crippen molar-refractivity contribution in [2.75, 3.05) is 0 Å². The first-order valence-electron chi connectivity index (χ1n) is 3.75. The molecule has 0 aliphatic rings. The van der Waals surface area contributed by atoms with Crippen LogP contribution in [-0.4, -0.2) is 5.71 Å². The highest BCUT2D eigenvalue weighted by atomic mass is 14.7. The van der Waals surface area contributed by atoms with E-state index < -0.39 is 0 Å². The molecule has 0 aromatic heterocycles. The van der Waals surface area contributed by atoms with Gasteiger partial charge in [0.1, 0.15) is 12.1 Å². The van der Waals surface area contributed by atoms with Crippen LogP contribution in [0.15, 0.2) is 35.3 Å². The van der Waals surface area contributed by atoms with Crippen LogP contribution in [-0.2, 0) is 6.54 Å². The van der Waals surface area contributed by atoms with Gasteiger partial charge in [-0.05, 0) is 5.56 Å². The molecule has 0 aliphatic carbocycles. The summed E-state index contributed by atoms with van der Waals surface area (Å²) >= 11 is 0. The summed E-state index contributed by atoms with van der Waals surface area (Å²) in [5.74, 6) is 0. The Bertz CT molecular complexity index is 363. The zero-order valence-corrected chi connectivity index (χ0v) is 6.94. The molecule has 3 nitrogen and oxygen atoms in total. The molecule has 0 radical (unpaired) electrons. The summed E-state index contributed by atoms with van der Waals surface area (Å²) in [5.41, 5.74) is 0.911. The first-order chi connectivity index (χ1) is 6.36. The molecule has 0 bridgehead atoms. The highest BCUT2D eigenvalue weighted by Gasteiger charge is 1.93. The maximum absolute atomic E-state index is 8.40. The number of hydrogen-bond donors (Lipinski definition) is 0. The average molecular weight is 169 g/mol. The molecule has 0 unspecified atom stereocenters. The zero-order valence-electron chi connectivity index (χ0n) is 6.94. The summed E-state index contributed by atoms with van der Waals surface area (Å²) in [6.45, 7) is 0.386. The SMILES string of the molecule is N#CC(C#N)=NCc1ccccc1. The van der Waals surface area contributed by atoms with E-state index in [9.17, 15) is 0 Å². The molecule has 0 fully saturated rings. The van der Waals surface area contributed by atoms with Crippen molar-refractivity contribution < 1.29 is 0 Å². The van der Waals surface area contributed by atoms with Gasteiger partial charge in [-0.25, -0.2) is 0 Å². The van der Waals surface area contributed by atoms with Gasteiger partial charge in [-0.2, -0.15) is 10.5 Å². The fourth-order valence-corrected chi connectivity index (χ4v) is 0.849. The van der Waals surface area contributed by atoms with Crippen molar-refractivity contribution >= 4 is 5.71 Å². The van der Waals surface area contributed by atoms with E-state index in [1.54, 1.807) is 12.1 Å². The number of hydrogen-bond acceptors (Lipinski definition) is 3. The van der Waals surface area contributed by atoms with E-state index in [0.717, 1.165) is 5.56 Å². The normalized spacial score (nSPS) is 8.15. The second-order valence-corrected chi connectivity index (χ2v) is 2.37. The minimum absolute atomic E-state index is 0.0798. The van der Waals surface area contributed by atoms with Crippen molar-refractivity contribution in [2.24, 2.45) is 4.99 Å². The van der Waals surface area contributed by atoms with Crippen molar-refractivity contribution in [3.05, 3.63) is 35.9 Å². The van der Waals surface area contributed by atoms with E-state index in [1.165, 1.54) is 0 Å². The molecular weight excluding hydrogens is 162 g/mol. The minimum atomic E-state index is -0.0798. The highest BCUT2D eigenvalue weighted by molar-refractivity contribution is 6.10. The fraction of sp³-hybridized carbons (Fsp3) is 0.100. The summed E-state index contributed by atoms with van der Waals surface area (Å²) in [6, 6.07) is 12.9. The third kappa shape index (κ3) is 2.76. The van der Waals surface area contributed by atoms with Gasteiger partial charge in [0, 0.05) is 0 Å². The summed E-state index contributed by atoms with van der Waals surface area (Å²) < 4.78 is 0. The van der Waals surface area contributed by atoms with Gasteiger partial charge < -0.3 is 0 Å². The summed E-state index contributed by atoms with van der Waals surface area (Å²) in [4.78, 5) is 3.83. The molecule has 62 valence electrons. The van der Waals surface area contributed by atoms with E-state index in [0.29, 0.717) is 6.54 Å². The molecule has 0 atom stereocenters. The maximum atomic E-state index is 8.40. The Kier molecular flexibility index (Phi) is 3.23. The molecule has 0 N–H and O–H groups in total. The second kappa shape index (κ2) is 4.69. The van der Waals surface area contributed by atoms with Gasteiger partial charge in [0.05, 0.1) is 6.54 Å². The van der Waals surface area contributed by atoms with Crippen LogP contribution in [0, 0.1) is 22.7 Å². The zero-order chi connectivity index (χ0) is 9.52. The standard InChI is InChI=1S/C10H7N3/c11-6-10(7-12)13-8-9-4-2-1-3-5-9/h1-5H,8H2. The lowest BCUT2D eigenvalue weighted by Crippen LogP contribution is -1.90. The van der Waals surface area contributed by atoms with Gasteiger partial charge in [0.25, 0.3) is 0 Å². The predicted octanol–water partition coefficient (Wildman–Crippen LogP) is 1.67. The molecule has 13 heavy (non-hydrogen) atoms. The van der Waals surface area contributed by atoms with Gasteiger partial charge in [0.2, 0.25) is 5.71 Å². The lowest BCUT2D eigenvalue weighted by atomic mass is 10.2. The Balaban J connectivity index is 2.69. The molecule has 0 saturated carbocycles. The van der Waals surface area contributed by atoms with Gasteiger partial charge in [0.15, 0.2) is 0 Å². The van der Waals surface area contributed by atoms with E-state index in [4.69, 9.17) is 10.5 Å². The molecule has 1 aromatic carbocycles. The minimum Gasteiger partial charge on any atom is -0.260 e. The lowest BCUT2D eigenvalue weighted by Gasteiger charge is -1.92. The summed E-state index contributed by atoms with van der Waals surface area (Å²) in [5, 5.41) is 16.8. The first-order valence-corrected chi connectivity index (χ1v) is 3.75. The highest BCUT2D eigenvalue weighted by Crippen LogP contribution is 1.99. The third-order valence-electron chi connectivity index (χ3n) is 1.47. The Labute approximate surface area is 76.6 Å². The van der Waals surface area contributed by atoms with Gasteiger partial charge in [-0.15, -0.1) is 0 Å². The summed E-state index contributed by atoms with van der Waals surface area (Å²) in [7, 11) is 0. The molecule has 0 spiro atoms. The number of benzene rings is 1. The van der Waals surface area contributed by atoms with Crippen LogP contribution >= 0.6 is 0 Å². The Morgan fingerprint density at radius 3 is 2.31 bits per heavy atom. The van der Waals surface area contributed by atoms with Crippen LogP contribution in [0.5, 0.6) is 0 Å². The van der Waals surface area contributed by atoms with E-state index in [2.05, 4.69) is 4.99 Å². The van der Waals surface area contributed by atoms with Crippen molar-refractivity contribution in [3.63, 3.8) is 0 Å². The number of aliphatic imine (C=N–C) groups is 1. The molecule has 0 saturated heterocycles. The quantitative estimate of drug-likeness (QED) is 0.632. The molecule has 3 heteroatoms. The molecule has 1 rings (SSSR count). The van der Waals surface area contributed by atoms with Crippen LogP contribution in [0.25, 0.3) is 0 Å². The molecule has 0 amide bonds. The van der Waals surface area contributed by atoms with Gasteiger partial charge >= 0.3 is 0 Å². The number of nitrogens with zero attached hydrogens (tertiary/aromatic N) is 3. The molecule has 1 aromatic rings. The van der Waals surface area contributed by atoms with Crippen LogP contribution in [0.4, 0.5) is 0 Å². The van der Waals surface area contributed by atoms with Crippen molar-refractivity contribution in [1.29, 1.82) is 10.5 Å². The van der Waals surface area contributed by atoms with Crippen LogP contribution in [0.3, 0.4) is 0 Å². The van der Waals surface area contributed by atoms with Gasteiger partial charge in [-0.1, -0.05) is 30.3 Å². The monoisotopic (exact) mass is 169 g/mol. The topological polar surface area (TPSA) is 59.9 Å². The van der Waals surface area contributed by atoms with Crippen molar-refractivity contribution in [3.8, 4) is 12.1 Å². The van der Waals surface area contributed by atoms with Gasteiger partial charge in [-0.3, -0.25) is 4.99 Å². The van der Waals surface area contributed by atoms with E-state index in [-0.39, 0.29) is 5.71 Å². The molecular formula is C10H7N3. The molecule has 0 heterocycles. The van der Waals surface area contributed by atoms with Crippen LogP contribution < -0.4 is 0 Å². The average Bonchev–Trinajstić information content (AvgIpc) is 2.21. The Morgan fingerprint density at radius 2 is 1.77 bits per heavy atom. The predicted molar refractivity (Wildman–Crippen MR) is 48.8 cm³/mol. The Hall–Kier alpha value is -2.13. The third-order valence-corrected chi connectivity index (χ3v) is 1.47. The largest absolute Gasteiger partial charge is 0.260 e. The van der Waals surface area contributed by atoms with E-state index >= 15 is 0 Å². The Morgan fingerprint density at radius 1 is 1.15 bits per heavy atom. The summed E-state index contributed by atoms with van der Waals surface area (Å²) in [6.07, 6.45) is 0.